The van der Waals surface area contributed by atoms with Gasteiger partial charge >= 0.3 is 12.1 Å². The third-order valence-corrected chi connectivity index (χ3v) is 2.27. The third-order valence-electron chi connectivity index (χ3n) is 2.00. The Hall–Kier alpha value is -1.30. The summed E-state index contributed by atoms with van der Waals surface area (Å²) in [5.74, 6) is -1.39. The quantitative estimate of drug-likeness (QED) is 0.621. The molecule has 7 heteroatoms. The third kappa shape index (κ3) is 10.1. The van der Waals surface area contributed by atoms with Crippen molar-refractivity contribution in [2.45, 2.75) is 65.2 Å². The van der Waals surface area contributed by atoms with Crippen LogP contribution in [0.2, 0.25) is 0 Å². The fraction of sp³-hybridized carbons (Fsp3) is 0.786. The van der Waals surface area contributed by atoms with Gasteiger partial charge in [0.2, 0.25) is 0 Å². The van der Waals surface area contributed by atoms with Gasteiger partial charge in [-0.25, -0.2) is 4.79 Å². The summed E-state index contributed by atoms with van der Waals surface area (Å²) >= 11 is 5.49. The first-order chi connectivity index (χ1) is 9.34. The van der Waals surface area contributed by atoms with E-state index in [4.69, 9.17) is 21.1 Å². The number of halogens is 1. The van der Waals surface area contributed by atoms with Crippen molar-refractivity contribution in [2.24, 2.45) is 0 Å². The first-order valence-corrected chi connectivity index (χ1v) is 7.17. The second kappa shape index (κ2) is 7.64. The summed E-state index contributed by atoms with van der Waals surface area (Å²) in [7, 11) is 0. The maximum absolute atomic E-state index is 11.7. The number of amides is 1. The fourth-order valence-corrected chi connectivity index (χ4v) is 1.52. The highest BCUT2D eigenvalue weighted by Crippen LogP contribution is 2.11. The molecule has 1 amide bonds. The molecule has 0 radical (unpaired) electrons. The number of hydrogen-bond donors (Lipinski definition) is 1. The van der Waals surface area contributed by atoms with Crippen LogP contribution in [-0.4, -0.2) is 41.0 Å². The Morgan fingerprint density at radius 3 is 1.86 bits per heavy atom. The summed E-state index contributed by atoms with van der Waals surface area (Å²) in [6.07, 6.45) is -1.07. The van der Waals surface area contributed by atoms with E-state index >= 15 is 0 Å². The molecule has 0 saturated carbocycles. The molecule has 21 heavy (non-hydrogen) atoms. The Balaban J connectivity index is 4.72. The second-order valence-electron chi connectivity index (χ2n) is 6.59. The lowest BCUT2D eigenvalue weighted by atomic mass is 10.1. The van der Waals surface area contributed by atoms with Gasteiger partial charge in [-0.3, -0.25) is 9.59 Å². The molecule has 0 bridgehead atoms. The van der Waals surface area contributed by atoms with Gasteiger partial charge in [-0.05, 0) is 41.5 Å². The van der Waals surface area contributed by atoms with E-state index in [2.05, 4.69) is 5.32 Å². The van der Waals surface area contributed by atoms with Crippen LogP contribution in [0.15, 0.2) is 0 Å². The molecule has 0 spiro atoms. The minimum absolute atomic E-state index is 0.290. The number of nitrogens with one attached hydrogen (secondary N) is 1. The molecule has 0 fully saturated rings. The number of Topliss-reactive ketones (excluding diaryl/α,β-unsaturated/α-hetero) is 1. The van der Waals surface area contributed by atoms with Crippen molar-refractivity contribution in [3.05, 3.63) is 0 Å². The number of carbonyl (C=O) groups excluding carboxylic acids is 3. The maximum atomic E-state index is 11.7. The van der Waals surface area contributed by atoms with Gasteiger partial charge in [0.05, 0.1) is 12.3 Å². The molecule has 1 atom stereocenters. The van der Waals surface area contributed by atoms with Crippen LogP contribution < -0.4 is 5.32 Å². The molecular formula is C14H24ClNO5. The van der Waals surface area contributed by atoms with E-state index in [1.807, 2.05) is 0 Å². The van der Waals surface area contributed by atoms with E-state index in [0.717, 1.165) is 0 Å². The standard InChI is InChI=1S/C14H24ClNO5/c1-13(2,3)20-11(18)7-9(10(17)8-15)16-12(19)21-14(4,5)6/h9H,7-8H2,1-6H3,(H,16,19)/t9-/m1/s1. The van der Waals surface area contributed by atoms with E-state index in [0.29, 0.717) is 0 Å². The molecule has 0 aromatic carbocycles. The zero-order valence-electron chi connectivity index (χ0n) is 13.4. The van der Waals surface area contributed by atoms with Gasteiger partial charge < -0.3 is 14.8 Å². The van der Waals surface area contributed by atoms with Crippen LogP contribution in [-0.2, 0) is 19.1 Å². The van der Waals surface area contributed by atoms with Gasteiger partial charge in [0.25, 0.3) is 0 Å². The largest absolute Gasteiger partial charge is 0.460 e. The molecule has 0 aliphatic carbocycles. The smallest absolute Gasteiger partial charge is 0.408 e. The highest BCUT2D eigenvalue weighted by atomic mass is 35.5. The minimum atomic E-state index is -1.06. The zero-order chi connectivity index (χ0) is 16.8. The van der Waals surface area contributed by atoms with Crippen molar-refractivity contribution in [1.29, 1.82) is 0 Å². The molecule has 0 saturated heterocycles. The van der Waals surface area contributed by atoms with Crippen LogP contribution in [0.25, 0.3) is 0 Å². The SMILES string of the molecule is CC(C)(C)OC(=O)C[C@@H](NC(=O)OC(C)(C)C)C(=O)CCl. The highest BCUT2D eigenvalue weighted by molar-refractivity contribution is 6.28. The topological polar surface area (TPSA) is 81.7 Å². The lowest BCUT2D eigenvalue weighted by Gasteiger charge is -2.24. The van der Waals surface area contributed by atoms with E-state index in [1.165, 1.54) is 0 Å². The summed E-state index contributed by atoms with van der Waals surface area (Å²) in [5, 5.41) is 2.34. The van der Waals surface area contributed by atoms with E-state index in [9.17, 15) is 14.4 Å². The van der Waals surface area contributed by atoms with Crippen LogP contribution in [0.4, 0.5) is 4.79 Å². The molecule has 0 aromatic heterocycles. The number of esters is 1. The minimum Gasteiger partial charge on any atom is -0.460 e. The Bertz CT molecular complexity index is 365. The van der Waals surface area contributed by atoms with E-state index < -0.39 is 35.1 Å². The molecule has 0 aromatic rings. The Morgan fingerprint density at radius 2 is 1.48 bits per heavy atom. The number of hydrogen-bond acceptors (Lipinski definition) is 5. The van der Waals surface area contributed by atoms with E-state index in [1.54, 1.807) is 41.5 Å². The highest BCUT2D eigenvalue weighted by Gasteiger charge is 2.28. The van der Waals surface area contributed by atoms with Gasteiger partial charge in [0.1, 0.15) is 17.2 Å². The molecule has 1 N–H and O–H groups in total. The number of carbonyl (C=O) groups is 3. The fourth-order valence-electron chi connectivity index (χ4n) is 1.34. The van der Waals surface area contributed by atoms with Crippen LogP contribution in [0.1, 0.15) is 48.0 Å². The van der Waals surface area contributed by atoms with Crippen molar-refractivity contribution in [3.8, 4) is 0 Å². The van der Waals surface area contributed by atoms with Crippen LogP contribution >= 0.6 is 11.6 Å². The molecule has 0 rings (SSSR count). The van der Waals surface area contributed by atoms with Crippen LogP contribution in [0.5, 0.6) is 0 Å². The monoisotopic (exact) mass is 321 g/mol. The predicted octanol–water partition coefficient (Wildman–Crippen LogP) is 2.42. The molecule has 0 unspecified atom stereocenters. The van der Waals surface area contributed by atoms with Crippen molar-refractivity contribution in [3.63, 3.8) is 0 Å². The second-order valence-corrected chi connectivity index (χ2v) is 6.86. The Kier molecular flexibility index (Phi) is 7.16. The molecular weight excluding hydrogens is 298 g/mol. The molecule has 122 valence electrons. The first-order valence-electron chi connectivity index (χ1n) is 6.64. The van der Waals surface area contributed by atoms with Crippen LogP contribution in [0.3, 0.4) is 0 Å². The van der Waals surface area contributed by atoms with E-state index in [-0.39, 0.29) is 12.3 Å². The number of alkyl carbamates (subject to hydrolysis) is 1. The molecule has 6 nitrogen and oxygen atoms in total. The van der Waals surface area contributed by atoms with Gasteiger partial charge in [0.15, 0.2) is 5.78 Å². The normalized spacial score (nSPS) is 13.3. The molecule has 0 aliphatic rings. The average Bonchev–Trinajstić information content (AvgIpc) is 2.21. The maximum Gasteiger partial charge on any atom is 0.408 e. The lowest BCUT2D eigenvalue weighted by molar-refractivity contribution is -0.156. The Labute approximate surface area is 130 Å². The number of ketones is 1. The average molecular weight is 322 g/mol. The number of ether oxygens (including phenoxy) is 2. The summed E-state index contributed by atoms with van der Waals surface area (Å²) in [4.78, 5) is 35.1. The van der Waals surface area contributed by atoms with Crippen molar-refractivity contribution < 1.29 is 23.9 Å². The van der Waals surface area contributed by atoms with Crippen molar-refractivity contribution in [2.75, 3.05) is 5.88 Å². The van der Waals surface area contributed by atoms with Crippen molar-refractivity contribution >= 4 is 29.4 Å². The summed E-state index contributed by atoms with van der Waals surface area (Å²) in [6.45, 7) is 10.2. The number of rotatable bonds is 5. The van der Waals surface area contributed by atoms with Gasteiger partial charge in [-0.1, -0.05) is 0 Å². The molecule has 0 aliphatic heterocycles. The lowest BCUT2D eigenvalue weighted by Crippen LogP contribution is -2.45. The summed E-state index contributed by atoms with van der Waals surface area (Å²) < 4.78 is 10.2. The Morgan fingerprint density at radius 1 is 1.00 bits per heavy atom. The summed E-state index contributed by atoms with van der Waals surface area (Å²) in [5.41, 5.74) is -1.37. The van der Waals surface area contributed by atoms with Gasteiger partial charge in [0, 0.05) is 0 Å². The summed E-state index contributed by atoms with van der Waals surface area (Å²) in [6, 6.07) is -1.06. The zero-order valence-corrected chi connectivity index (χ0v) is 14.2. The van der Waals surface area contributed by atoms with Crippen LogP contribution in [0, 0.1) is 0 Å². The van der Waals surface area contributed by atoms with Crippen molar-refractivity contribution in [1.82, 2.24) is 5.32 Å². The predicted molar refractivity (Wildman–Crippen MR) is 79.3 cm³/mol. The van der Waals surface area contributed by atoms with Gasteiger partial charge in [-0.15, -0.1) is 11.6 Å². The molecule has 0 heterocycles. The number of alkyl halides is 1. The van der Waals surface area contributed by atoms with Gasteiger partial charge in [-0.2, -0.15) is 0 Å². The first kappa shape index (κ1) is 19.7.